The van der Waals surface area contributed by atoms with Gasteiger partial charge in [0.1, 0.15) is 10.0 Å². The van der Waals surface area contributed by atoms with Gasteiger partial charge in [0, 0.05) is 22.4 Å². The lowest BCUT2D eigenvalue weighted by atomic mass is 9.88. The van der Waals surface area contributed by atoms with Crippen LogP contribution in [0.1, 0.15) is 21.5 Å². The molecule has 1 aliphatic carbocycles. The van der Waals surface area contributed by atoms with Crippen molar-refractivity contribution in [1.82, 2.24) is 5.16 Å². The van der Waals surface area contributed by atoms with Gasteiger partial charge in [0.05, 0.1) is 9.90 Å². The lowest BCUT2D eigenvalue weighted by Crippen LogP contribution is -2.11. The number of fused-ring (bicyclic) bond motifs is 3. The number of aromatic nitrogens is 1. The van der Waals surface area contributed by atoms with Gasteiger partial charge in [-0.05, 0) is 48.7 Å². The molecule has 1 aliphatic rings. The van der Waals surface area contributed by atoms with Gasteiger partial charge in [0.2, 0.25) is 0 Å². The maximum Gasteiger partial charge on any atom is 0.258 e. The van der Waals surface area contributed by atoms with Crippen molar-refractivity contribution < 1.29 is 9.32 Å². The third-order valence-electron chi connectivity index (χ3n) is 5.01. The quantitative estimate of drug-likeness (QED) is 0.384. The molecule has 1 amide bonds. The van der Waals surface area contributed by atoms with Crippen molar-refractivity contribution >= 4 is 46.1 Å². The minimum Gasteiger partial charge on any atom is -0.355 e. The Bertz CT molecular complexity index is 1230. The largest absolute Gasteiger partial charge is 0.355 e. The van der Waals surface area contributed by atoms with E-state index in [9.17, 15) is 4.79 Å². The molecule has 1 N–H and O–H groups in total. The fourth-order valence-corrected chi connectivity index (χ4v) is 5.07. The predicted octanol–water partition coefficient (Wildman–Crippen LogP) is 6.73. The summed E-state index contributed by atoms with van der Waals surface area (Å²) < 4.78 is 6.55. The molecule has 2 aromatic carbocycles. The second-order valence-electron chi connectivity index (χ2n) is 6.77. The number of nitrogens with zero attached hydrogens (tertiary/aromatic N) is 1. The number of hydrogen-bond donors (Lipinski definition) is 1. The van der Waals surface area contributed by atoms with Crippen LogP contribution in [0.15, 0.2) is 59.1 Å². The van der Waals surface area contributed by atoms with Crippen molar-refractivity contribution in [2.24, 2.45) is 0 Å². The minimum atomic E-state index is -0.292. The number of amides is 1. The van der Waals surface area contributed by atoms with Crippen molar-refractivity contribution in [3.63, 3.8) is 0 Å². The van der Waals surface area contributed by atoms with Gasteiger partial charge in [-0.25, -0.2) is 0 Å². The first-order chi connectivity index (χ1) is 14.1. The number of anilines is 1. The van der Waals surface area contributed by atoms with E-state index < -0.39 is 0 Å². The standard InChI is InChI=1S/C22H14Cl2N2O2S/c23-18-11-17(21(24)29-18)22(27)25-14-8-5-13(6-9-14)20-16-10-7-12-3-1-2-4-15(12)19(16)26-28-20/h1-6,8-9,11H,7,10H2,(H,25,27). The number of halogens is 2. The molecule has 0 saturated carbocycles. The molecule has 0 saturated heterocycles. The zero-order valence-electron chi connectivity index (χ0n) is 15.0. The van der Waals surface area contributed by atoms with Crippen LogP contribution in [-0.2, 0) is 12.8 Å². The molecule has 2 heterocycles. The molecule has 4 nitrogen and oxygen atoms in total. The average molecular weight is 441 g/mol. The molecule has 5 rings (SSSR count). The number of carbonyl (C=O) groups excluding carboxylic acids is 1. The highest BCUT2D eigenvalue weighted by atomic mass is 35.5. The van der Waals surface area contributed by atoms with Crippen LogP contribution in [0.25, 0.3) is 22.6 Å². The molecule has 0 unspecified atom stereocenters. The van der Waals surface area contributed by atoms with E-state index in [2.05, 4.69) is 28.7 Å². The molecule has 0 spiro atoms. The SMILES string of the molecule is O=C(Nc1ccc(-c2onc3c2CCc2ccccc2-3)cc1)c1cc(Cl)sc1Cl. The summed E-state index contributed by atoms with van der Waals surface area (Å²) in [5.74, 6) is 0.486. The highest BCUT2D eigenvalue weighted by molar-refractivity contribution is 7.20. The summed E-state index contributed by atoms with van der Waals surface area (Å²) in [5, 5.41) is 7.16. The summed E-state index contributed by atoms with van der Waals surface area (Å²) in [5.41, 5.74) is 6.43. The molecule has 29 heavy (non-hydrogen) atoms. The van der Waals surface area contributed by atoms with E-state index in [1.807, 2.05) is 30.3 Å². The van der Waals surface area contributed by atoms with E-state index >= 15 is 0 Å². The van der Waals surface area contributed by atoms with Gasteiger partial charge < -0.3 is 9.84 Å². The Balaban J connectivity index is 1.40. The number of thiophene rings is 1. The maximum atomic E-state index is 12.4. The summed E-state index contributed by atoms with van der Waals surface area (Å²) >= 11 is 13.1. The van der Waals surface area contributed by atoms with E-state index in [0.29, 0.717) is 19.9 Å². The summed E-state index contributed by atoms with van der Waals surface area (Å²) in [6.45, 7) is 0. The molecule has 0 fully saturated rings. The minimum absolute atomic E-state index is 0.292. The van der Waals surface area contributed by atoms with E-state index in [4.69, 9.17) is 27.7 Å². The van der Waals surface area contributed by atoms with Crippen molar-refractivity contribution in [2.45, 2.75) is 12.8 Å². The average Bonchev–Trinajstić information content (AvgIpc) is 3.31. The monoisotopic (exact) mass is 440 g/mol. The summed E-state index contributed by atoms with van der Waals surface area (Å²) in [4.78, 5) is 12.4. The van der Waals surface area contributed by atoms with Crippen LogP contribution in [0.5, 0.6) is 0 Å². The number of nitrogens with one attached hydrogen (secondary N) is 1. The Morgan fingerprint density at radius 3 is 2.62 bits per heavy atom. The lowest BCUT2D eigenvalue weighted by Gasteiger charge is -2.14. The highest BCUT2D eigenvalue weighted by Crippen LogP contribution is 2.38. The topological polar surface area (TPSA) is 55.1 Å². The van der Waals surface area contributed by atoms with E-state index in [-0.39, 0.29) is 5.91 Å². The second-order valence-corrected chi connectivity index (χ2v) is 9.05. The van der Waals surface area contributed by atoms with Gasteiger partial charge in [-0.1, -0.05) is 52.6 Å². The Labute approximate surface area is 181 Å². The molecule has 0 radical (unpaired) electrons. The van der Waals surface area contributed by atoms with Crippen LogP contribution in [-0.4, -0.2) is 11.1 Å². The molecule has 0 bridgehead atoms. The zero-order chi connectivity index (χ0) is 20.0. The van der Waals surface area contributed by atoms with Gasteiger partial charge in [-0.3, -0.25) is 4.79 Å². The van der Waals surface area contributed by atoms with Gasteiger partial charge in [0.25, 0.3) is 5.91 Å². The summed E-state index contributed by atoms with van der Waals surface area (Å²) in [6, 6.07) is 17.4. The first-order valence-corrected chi connectivity index (χ1v) is 10.6. The highest BCUT2D eigenvalue weighted by Gasteiger charge is 2.24. The normalized spacial score (nSPS) is 12.3. The summed E-state index contributed by atoms with van der Waals surface area (Å²) in [7, 11) is 0. The molecule has 2 aromatic heterocycles. The van der Waals surface area contributed by atoms with Gasteiger partial charge in [-0.2, -0.15) is 0 Å². The third kappa shape index (κ3) is 3.35. The second kappa shape index (κ2) is 7.34. The smallest absolute Gasteiger partial charge is 0.258 e. The van der Waals surface area contributed by atoms with Crippen molar-refractivity contribution in [2.75, 3.05) is 5.32 Å². The number of hydrogen-bond acceptors (Lipinski definition) is 4. The first-order valence-electron chi connectivity index (χ1n) is 9.03. The zero-order valence-corrected chi connectivity index (χ0v) is 17.4. The Kier molecular flexibility index (Phi) is 4.66. The van der Waals surface area contributed by atoms with Crippen molar-refractivity contribution in [3.8, 4) is 22.6 Å². The Morgan fingerprint density at radius 2 is 1.86 bits per heavy atom. The number of benzene rings is 2. The van der Waals surface area contributed by atoms with Crippen LogP contribution in [0.2, 0.25) is 8.67 Å². The molecule has 144 valence electrons. The molecule has 4 aromatic rings. The molecule has 7 heteroatoms. The third-order valence-corrected chi connectivity index (χ3v) is 6.50. The molecule has 0 atom stereocenters. The number of carbonyl (C=O) groups is 1. The van der Waals surface area contributed by atoms with Crippen molar-refractivity contribution in [3.05, 3.63) is 80.0 Å². The van der Waals surface area contributed by atoms with E-state index in [1.54, 1.807) is 6.07 Å². The molecular formula is C22H14Cl2N2O2S. The van der Waals surface area contributed by atoms with Crippen LogP contribution in [0.3, 0.4) is 0 Å². The fourth-order valence-electron chi connectivity index (χ4n) is 3.61. The van der Waals surface area contributed by atoms with Gasteiger partial charge in [0.15, 0.2) is 5.76 Å². The van der Waals surface area contributed by atoms with Crippen LogP contribution in [0, 0.1) is 0 Å². The van der Waals surface area contributed by atoms with E-state index in [0.717, 1.165) is 41.0 Å². The molecular weight excluding hydrogens is 427 g/mol. The Hall–Kier alpha value is -2.60. The van der Waals surface area contributed by atoms with Crippen molar-refractivity contribution in [1.29, 1.82) is 0 Å². The Morgan fingerprint density at radius 1 is 1.07 bits per heavy atom. The lowest BCUT2D eigenvalue weighted by molar-refractivity contribution is 0.102. The maximum absolute atomic E-state index is 12.4. The summed E-state index contributed by atoms with van der Waals surface area (Å²) in [6.07, 6.45) is 1.86. The first kappa shape index (κ1) is 18.4. The van der Waals surface area contributed by atoms with Gasteiger partial charge in [-0.15, -0.1) is 11.3 Å². The number of rotatable bonds is 3. The van der Waals surface area contributed by atoms with Gasteiger partial charge >= 0.3 is 0 Å². The van der Waals surface area contributed by atoms with Crippen LogP contribution < -0.4 is 5.32 Å². The molecule has 0 aliphatic heterocycles. The fraction of sp³-hybridized carbons (Fsp3) is 0.0909. The number of aryl methyl sites for hydroxylation is 1. The van der Waals surface area contributed by atoms with Crippen LogP contribution >= 0.6 is 34.5 Å². The predicted molar refractivity (Wildman–Crippen MR) is 117 cm³/mol. The van der Waals surface area contributed by atoms with E-state index in [1.165, 1.54) is 16.9 Å². The van der Waals surface area contributed by atoms with Crippen LogP contribution in [0.4, 0.5) is 5.69 Å².